The van der Waals surface area contributed by atoms with Crippen LogP contribution in [0.15, 0.2) is 54.6 Å². The molecule has 2 aromatic carbocycles. The quantitative estimate of drug-likeness (QED) is 0.706. The van der Waals surface area contributed by atoms with Crippen LogP contribution in [0.1, 0.15) is 17.2 Å². The lowest BCUT2D eigenvalue weighted by Gasteiger charge is -2.35. The second-order valence-electron chi connectivity index (χ2n) is 7.32. The van der Waals surface area contributed by atoms with Crippen LogP contribution in [0.2, 0.25) is 5.02 Å². The predicted octanol–water partition coefficient (Wildman–Crippen LogP) is 3.47. The van der Waals surface area contributed by atoms with Crippen LogP contribution in [0.5, 0.6) is 5.75 Å². The Kier molecular flexibility index (Phi) is 7.69. The van der Waals surface area contributed by atoms with Gasteiger partial charge in [-0.05, 0) is 48.5 Å². The number of benzene rings is 2. The number of nitrogens with zero attached hydrogens (tertiary/aromatic N) is 2. The van der Waals surface area contributed by atoms with E-state index in [2.05, 4.69) is 22.2 Å². The van der Waals surface area contributed by atoms with Crippen molar-refractivity contribution in [3.8, 4) is 5.75 Å². The van der Waals surface area contributed by atoms with Crippen molar-refractivity contribution < 1.29 is 9.53 Å². The van der Waals surface area contributed by atoms with Crippen molar-refractivity contribution in [2.45, 2.75) is 6.04 Å². The second kappa shape index (κ2) is 10.4. The van der Waals surface area contributed by atoms with E-state index in [-0.39, 0.29) is 11.9 Å². The number of piperazine rings is 1. The fourth-order valence-electron chi connectivity index (χ4n) is 3.32. The van der Waals surface area contributed by atoms with Crippen LogP contribution in [-0.2, 0) is 4.79 Å². The highest BCUT2D eigenvalue weighted by molar-refractivity contribution is 6.30. The molecular formula is C23H28ClN3O2. The molecule has 1 saturated heterocycles. The zero-order chi connectivity index (χ0) is 20.6. The molecule has 1 aliphatic rings. The Labute approximate surface area is 177 Å². The minimum atomic E-state index is -0.116. The van der Waals surface area contributed by atoms with E-state index in [9.17, 15) is 4.79 Å². The summed E-state index contributed by atoms with van der Waals surface area (Å²) in [6, 6.07) is 15.2. The molecule has 5 nitrogen and oxygen atoms in total. The Morgan fingerprint density at radius 1 is 1.10 bits per heavy atom. The number of nitrogens with one attached hydrogen (secondary N) is 1. The Morgan fingerprint density at radius 2 is 1.76 bits per heavy atom. The van der Waals surface area contributed by atoms with Crippen molar-refractivity contribution in [1.82, 2.24) is 15.1 Å². The Balaban J connectivity index is 1.69. The van der Waals surface area contributed by atoms with Gasteiger partial charge >= 0.3 is 0 Å². The van der Waals surface area contributed by atoms with Crippen LogP contribution in [0.3, 0.4) is 0 Å². The van der Waals surface area contributed by atoms with Gasteiger partial charge in [0, 0.05) is 43.8 Å². The summed E-state index contributed by atoms with van der Waals surface area (Å²) in [5.74, 6) is 0.691. The molecule has 0 saturated carbocycles. The summed E-state index contributed by atoms with van der Waals surface area (Å²) in [4.78, 5) is 17.3. The van der Waals surface area contributed by atoms with Crippen LogP contribution in [-0.4, -0.2) is 62.6 Å². The molecule has 1 aliphatic heterocycles. The lowest BCUT2D eigenvalue weighted by molar-refractivity contribution is -0.117. The topological polar surface area (TPSA) is 44.8 Å². The first kappa shape index (κ1) is 21.4. The smallest absolute Gasteiger partial charge is 0.244 e. The van der Waals surface area contributed by atoms with Crippen molar-refractivity contribution in [2.75, 3.05) is 46.9 Å². The molecule has 0 spiro atoms. The first-order valence-electron chi connectivity index (χ1n) is 9.82. The molecular weight excluding hydrogens is 386 g/mol. The van der Waals surface area contributed by atoms with E-state index < -0.39 is 0 Å². The van der Waals surface area contributed by atoms with Crippen LogP contribution < -0.4 is 10.1 Å². The van der Waals surface area contributed by atoms with Crippen molar-refractivity contribution in [3.63, 3.8) is 0 Å². The van der Waals surface area contributed by atoms with E-state index in [0.29, 0.717) is 5.02 Å². The molecule has 0 aromatic heterocycles. The van der Waals surface area contributed by atoms with Crippen molar-refractivity contribution in [3.05, 3.63) is 70.8 Å². The number of halogens is 1. The summed E-state index contributed by atoms with van der Waals surface area (Å²) in [5, 5.41) is 3.84. The number of hydrogen-bond acceptors (Lipinski definition) is 4. The van der Waals surface area contributed by atoms with Gasteiger partial charge in [-0.25, -0.2) is 0 Å². The highest BCUT2D eigenvalue weighted by Gasteiger charge is 2.20. The Hall–Kier alpha value is -2.34. The highest BCUT2D eigenvalue weighted by atomic mass is 35.5. The molecule has 154 valence electrons. The summed E-state index contributed by atoms with van der Waals surface area (Å²) in [7, 11) is 3.79. The van der Waals surface area contributed by atoms with Crippen LogP contribution in [0, 0.1) is 0 Å². The standard InChI is InChI=1S/C23H28ClN3O2/c1-26-13-15-27(16-14-26)17-22(19-6-10-21(29-2)11-7-19)25-23(28)12-5-18-3-8-20(24)9-4-18/h3-12,22H,13-17H2,1-2H3,(H,25,28). The van der Waals surface area contributed by atoms with Gasteiger partial charge in [0.1, 0.15) is 5.75 Å². The van der Waals surface area contributed by atoms with Gasteiger partial charge in [0.25, 0.3) is 0 Å². The van der Waals surface area contributed by atoms with Crippen molar-refractivity contribution in [1.29, 1.82) is 0 Å². The summed E-state index contributed by atoms with van der Waals surface area (Å²) in [6.07, 6.45) is 3.37. The van der Waals surface area contributed by atoms with Gasteiger partial charge in [0.2, 0.25) is 5.91 Å². The molecule has 3 rings (SSSR count). The lowest BCUT2D eigenvalue weighted by Crippen LogP contribution is -2.47. The lowest BCUT2D eigenvalue weighted by atomic mass is 10.1. The van der Waals surface area contributed by atoms with E-state index in [4.69, 9.17) is 16.3 Å². The van der Waals surface area contributed by atoms with E-state index in [0.717, 1.165) is 49.6 Å². The minimum absolute atomic E-state index is 0.0910. The van der Waals surface area contributed by atoms with Gasteiger partial charge in [0.15, 0.2) is 0 Å². The molecule has 0 bridgehead atoms. The van der Waals surface area contributed by atoms with Crippen molar-refractivity contribution >= 4 is 23.6 Å². The molecule has 1 fully saturated rings. The number of methoxy groups -OCH3 is 1. The number of hydrogen-bond donors (Lipinski definition) is 1. The van der Waals surface area contributed by atoms with Gasteiger partial charge < -0.3 is 15.0 Å². The molecule has 1 atom stereocenters. The van der Waals surface area contributed by atoms with Gasteiger partial charge in [-0.3, -0.25) is 9.69 Å². The normalized spacial score (nSPS) is 16.7. The molecule has 29 heavy (non-hydrogen) atoms. The van der Waals surface area contributed by atoms with Crippen LogP contribution in [0.25, 0.3) is 6.08 Å². The summed E-state index contributed by atoms with van der Waals surface area (Å²) in [6.45, 7) is 4.86. The largest absolute Gasteiger partial charge is 0.497 e. The molecule has 0 aliphatic carbocycles. The number of ether oxygens (including phenoxy) is 1. The fourth-order valence-corrected chi connectivity index (χ4v) is 3.45. The van der Waals surface area contributed by atoms with Crippen LogP contribution >= 0.6 is 11.6 Å². The third-order valence-corrected chi connectivity index (χ3v) is 5.42. The molecule has 1 amide bonds. The number of likely N-dealkylation sites (N-methyl/N-ethyl adjacent to an activating group) is 1. The number of carbonyl (C=O) groups is 1. The number of rotatable bonds is 7. The SMILES string of the molecule is COc1ccc(C(CN2CCN(C)CC2)NC(=O)C=Cc2ccc(Cl)cc2)cc1. The zero-order valence-corrected chi connectivity index (χ0v) is 17.7. The third kappa shape index (κ3) is 6.60. The Morgan fingerprint density at radius 3 is 2.38 bits per heavy atom. The number of amides is 1. The first-order valence-corrected chi connectivity index (χ1v) is 10.2. The molecule has 6 heteroatoms. The predicted molar refractivity (Wildman–Crippen MR) is 118 cm³/mol. The Bertz CT molecular complexity index is 813. The van der Waals surface area contributed by atoms with Crippen LogP contribution in [0.4, 0.5) is 0 Å². The van der Waals surface area contributed by atoms with E-state index in [1.165, 1.54) is 0 Å². The molecule has 1 heterocycles. The summed E-state index contributed by atoms with van der Waals surface area (Å²) in [5.41, 5.74) is 2.00. The first-order chi connectivity index (χ1) is 14.0. The molecule has 0 radical (unpaired) electrons. The highest BCUT2D eigenvalue weighted by Crippen LogP contribution is 2.20. The van der Waals surface area contributed by atoms with E-state index >= 15 is 0 Å². The van der Waals surface area contributed by atoms with Crippen molar-refractivity contribution in [2.24, 2.45) is 0 Å². The summed E-state index contributed by atoms with van der Waals surface area (Å²) >= 11 is 5.91. The maximum absolute atomic E-state index is 12.6. The number of carbonyl (C=O) groups excluding carboxylic acids is 1. The monoisotopic (exact) mass is 413 g/mol. The summed E-state index contributed by atoms with van der Waals surface area (Å²) < 4.78 is 5.26. The molecule has 1 N–H and O–H groups in total. The average molecular weight is 414 g/mol. The van der Waals surface area contributed by atoms with Gasteiger partial charge in [-0.1, -0.05) is 35.9 Å². The maximum Gasteiger partial charge on any atom is 0.244 e. The minimum Gasteiger partial charge on any atom is -0.497 e. The molecule has 2 aromatic rings. The van der Waals surface area contributed by atoms with Gasteiger partial charge in [-0.2, -0.15) is 0 Å². The van der Waals surface area contributed by atoms with E-state index in [1.54, 1.807) is 19.3 Å². The van der Waals surface area contributed by atoms with E-state index in [1.807, 2.05) is 48.5 Å². The molecule has 1 unspecified atom stereocenters. The zero-order valence-electron chi connectivity index (χ0n) is 17.0. The third-order valence-electron chi connectivity index (χ3n) is 5.17. The average Bonchev–Trinajstić information content (AvgIpc) is 2.74. The maximum atomic E-state index is 12.6. The second-order valence-corrected chi connectivity index (χ2v) is 7.76. The van der Waals surface area contributed by atoms with Gasteiger partial charge in [-0.15, -0.1) is 0 Å². The van der Waals surface area contributed by atoms with Gasteiger partial charge in [0.05, 0.1) is 13.2 Å². The fraction of sp³-hybridized carbons (Fsp3) is 0.348.